The molecule has 1 aliphatic rings. The molecule has 0 saturated carbocycles. The monoisotopic (exact) mass is 284 g/mol. The topological polar surface area (TPSA) is 43.8 Å². The minimum absolute atomic E-state index is 0. The third-order valence-electron chi connectivity index (χ3n) is 3.65. The van der Waals surface area contributed by atoms with Crippen molar-refractivity contribution in [3.63, 3.8) is 0 Å². The van der Waals surface area contributed by atoms with Crippen molar-refractivity contribution >= 4 is 24.1 Å². The van der Waals surface area contributed by atoms with E-state index in [1.54, 1.807) is 0 Å². The Kier molecular flexibility index (Phi) is 5.63. The van der Waals surface area contributed by atoms with E-state index in [1.165, 1.54) is 16.8 Å². The Morgan fingerprint density at radius 3 is 2.42 bits per heavy atom. The summed E-state index contributed by atoms with van der Waals surface area (Å²) in [4.78, 5) is 15.0. The summed E-state index contributed by atoms with van der Waals surface area (Å²) in [5, 5.41) is 8.77. The molecule has 106 valence electrons. The number of aryl methyl sites for hydroxylation is 1. The number of hydrogen-bond donors (Lipinski definition) is 1. The van der Waals surface area contributed by atoms with Gasteiger partial charge in [-0.05, 0) is 31.0 Å². The summed E-state index contributed by atoms with van der Waals surface area (Å²) in [5.74, 6) is -0.741. The largest absolute Gasteiger partial charge is 0.480 e. The van der Waals surface area contributed by atoms with Crippen molar-refractivity contribution in [1.82, 2.24) is 4.90 Å². The number of benzene rings is 1. The van der Waals surface area contributed by atoms with E-state index in [2.05, 4.69) is 36.9 Å². The molecule has 1 saturated heterocycles. The highest BCUT2D eigenvalue weighted by atomic mass is 35.5. The van der Waals surface area contributed by atoms with Gasteiger partial charge in [0.1, 0.15) is 0 Å². The summed E-state index contributed by atoms with van der Waals surface area (Å²) in [7, 11) is 0. The second kappa shape index (κ2) is 6.78. The fourth-order valence-electron chi connectivity index (χ4n) is 2.42. The number of aliphatic carboxylic acids is 1. The number of nitrogens with zero attached hydrogens (tertiary/aromatic N) is 2. The van der Waals surface area contributed by atoms with E-state index in [9.17, 15) is 4.79 Å². The molecular weight excluding hydrogens is 264 g/mol. The first kappa shape index (κ1) is 15.8. The van der Waals surface area contributed by atoms with Crippen molar-refractivity contribution in [2.75, 3.05) is 37.6 Å². The minimum Gasteiger partial charge on any atom is -0.480 e. The standard InChI is InChI=1S/C14H20N2O2.ClH/c1-11-4-3-5-13(12(11)2)16-8-6-15(7-9-16)10-14(17)18;/h3-5H,6-10H2,1-2H3,(H,17,18);1H. The van der Waals surface area contributed by atoms with Gasteiger partial charge in [-0.3, -0.25) is 9.69 Å². The molecule has 4 nitrogen and oxygen atoms in total. The second-order valence-corrected chi connectivity index (χ2v) is 4.88. The number of hydrogen-bond acceptors (Lipinski definition) is 3. The van der Waals surface area contributed by atoms with Crippen molar-refractivity contribution in [1.29, 1.82) is 0 Å². The zero-order chi connectivity index (χ0) is 13.1. The third-order valence-corrected chi connectivity index (χ3v) is 3.65. The van der Waals surface area contributed by atoms with Gasteiger partial charge in [0.25, 0.3) is 0 Å². The van der Waals surface area contributed by atoms with Gasteiger partial charge in [-0.1, -0.05) is 12.1 Å². The van der Waals surface area contributed by atoms with Gasteiger partial charge in [0.05, 0.1) is 6.54 Å². The Labute approximate surface area is 120 Å². The van der Waals surface area contributed by atoms with E-state index in [-0.39, 0.29) is 19.0 Å². The molecule has 1 N–H and O–H groups in total. The van der Waals surface area contributed by atoms with Gasteiger partial charge in [0.2, 0.25) is 0 Å². The molecule has 1 heterocycles. The molecular formula is C14H21ClN2O2. The normalized spacial score (nSPS) is 16.0. The maximum atomic E-state index is 10.7. The van der Waals surface area contributed by atoms with Crippen LogP contribution in [-0.2, 0) is 4.79 Å². The van der Waals surface area contributed by atoms with E-state index in [1.807, 2.05) is 4.90 Å². The number of piperazine rings is 1. The van der Waals surface area contributed by atoms with Crippen molar-refractivity contribution in [3.8, 4) is 0 Å². The van der Waals surface area contributed by atoms with Crippen LogP contribution in [0.2, 0.25) is 0 Å². The summed E-state index contributed by atoms with van der Waals surface area (Å²) >= 11 is 0. The van der Waals surface area contributed by atoms with Crippen LogP contribution < -0.4 is 4.90 Å². The van der Waals surface area contributed by atoms with Crippen molar-refractivity contribution in [2.45, 2.75) is 13.8 Å². The first-order chi connectivity index (χ1) is 8.58. The highest BCUT2D eigenvalue weighted by Gasteiger charge is 2.19. The molecule has 5 heteroatoms. The minimum atomic E-state index is -0.741. The molecule has 0 amide bonds. The summed E-state index contributed by atoms with van der Waals surface area (Å²) in [6.07, 6.45) is 0. The number of carboxylic acids is 1. The van der Waals surface area contributed by atoms with E-state index in [0.717, 1.165) is 26.2 Å². The second-order valence-electron chi connectivity index (χ2n) is 4.88. The maximum Gasteiger partial charge on any atom is 0.317 e. The lowest BCUT2D eigenvalue weighted by Crippen LogP contribution is -2.48. The van der Waals surface area contributed by atoms with Crippen LogP contribution in [0.25, 0.3) is 0 Å². The summed E-state index contributed by atoms with van der Waals surface area (Å²) in [6.45, 7) is 7.86. The fraction of sp³-hybridized carbons (Fsp3) is 0.500. The van der Waals surface area contributed by atoms with Crippen molar-refractivity contribution < 1.29 is 9.90 Å². The average Bonchev–Trinajstić information content (AvgIpc) is 2.33. The molecule has 1 fully saturated rings. The van der Waals surface area contributed by atoms with Crippen LogP contribution in [0.4, 0.5) is 5.69 Å². The van der Waals surface area contributed by atoms with Gasteiger partial charge >= 0.3 is 5.97 Å². The van der Waals surface area contributed by atoms with Gasteiger partial charge < -0.3 is 10.0 Å². The zero-order valence-electron chi connectivity index (χ0n) is 11.4. The Balaban J connectivity index is 0.00000180. The molecule has 0 atom stereocenters. The van der Waals surface area contributed by atoms with Gasteiger partial charge in [-0.25, -0.2) is 0 Å². The third kappa shape index (κ3) is 3.85. The summed E-state index contributed by atoms with van der Waals surface area (Å²) in [6, 6.07) is 6.36. The number of carbonyl (C=O) groups is 1. The van der Waals surface area contributed by atoms with E-state index in [0.29, 0.717) is 0 Å². The van der Waals surface area contributed by atoms with Crippen LogP contribution in [0.15, 0.2) is 18.2 Å². The lowest BCUT2D eigenvalue weighted by Gasteiger charge is -2.36. The van der Waals surface area contributed by atoms with Gasteiger partial charge in [0.15, 0.2) is 0 Å². The number of halogens is 1. The lowest BCUT2D eigenvalue weighted by atomic mass is 10.1. The van der Waals surface area contributed by atoms with E-state index in [4.69, 9.17) is 5.11 Å². The van der Waals surface area contributed by atoms with Crippen LogP contribution >= 0.6 is 12.4 Å². The summed E-state index contributed by atoms with van der Waals surface area (Å²) < 4.78 is 0. The SMILES string of the molecule is Cc1cccc(N2CCN(CC(=O)O)CC2)c1C.Cl. The van der Waals surface area contributed by atoms with Crippen molar-refractivity contribution in [2.24, 2.45) is 0 Å². The van der Waals surface area contributed by atoms with Gasteiger partial charge in [0, 0.05) is 31.9 Å². The molecule has 0 spiro atoms. The Hall–Kier alpha value is -1.26. The quantitative estimate of drug-likeness (QED) is 0.921. The Morgan fingerprint density at radius 2 is 1.84 bits per heavy atom. The molecule has 0 unspecified atom stereocenters. The van der Waals surface area contributed by atoms with Crippen LogP contribution in [0.1, 0.15) is 11.1 Å². The number of anilines is 1. The first-order valence-electron chi connectivity index (χ1n) is 6.33. The molecule has 0 aromatic heterocycles. The lowest BCUT2D eigenvalue weighted by molar-refractivity contribution is -0.138. The van der Waals surface area contributed by atoms with E-state index >= 15 is 0 Å². The Bertz CT molecular complexity index is 443. The van der Waals surface area contributed by atoms with Crippen LogP contribution in [-0.4, -0.2) is 48.7 Å². The Morgan fingerprint density at radius 1 is 1.21 bits per heavy atom. The van der Waals surface area contributed by atoms with Gasteiger partial charge in [-0.2, -0.15) is 0 Å². The number of carboxylic acid groups (broad SMARTS) is 1. The van der Waals surface area contributed by atoms with E-state index < -0.39 is 5.97 Å². The summed E-state index contributed by atoms with van der Waals surface area (Å²) in [5.41, 5.74) is 3.91. The van der Waals surface area contributed by atoms with Crippen LogP contribution in [0, 0.1) is 13.8 Å². The molecule has 1 aromatic rings. The van der Waals surface area contributed by atoms with Gasteiger partial charge in [-0.15, -0.1) is 12.4 Å². The van der Waals surface area contributed by atoms with Crippen molar-refractivity contribution in [3.05, 3.63) is 29.3 Å². The number of rotatable bonds is 3. The van der Waals surface area contributed by atoms with Crippen LogP contribution in [0.5, 0.6) is 0 Å². The first-order valence-corrected chi connectivity index (χ1v) is 6.33. The highest BCUT2D eigenvalue weighted by molar-refractivity contribution is 5.85. The highest BCUT2D eigenvalue weighted by Crippen LogP contribution is 2.23. The predicted molar refractivity (Wildman–Crippen MR) is 79.5 cm³/mol. The molecule has 0 aliphatic carbocycles. The molecule has 1 aliphatic heterocycles. The zero-order valence-corrected chi connectivity index (χ0v) is 12.2. The predicted octanol–water partition coefficient (Wildman–Crippen LogP) is 1.93. The maximum absolute atomic E-state index is 10.7. The van der Waals surface area contributed by atoms with Crippen LogP contribution in [0.3, 0.4) is 0 Å². The molecule has 19 heavy (non-hydrogen) atoms. The molecule has 1 aromatic carbocycles. The molecule has 0 radical (unpaired) electrons. The molecule has 2 rings (SSSR count). The fourth-order valence-corrected chi connectivity index (χ4v) is 2.42. The molecule has 0 bridgehead atoms. The smallest absolute Gasteiger partial charge is 0.317 e. The average molecular weight is 285 g/mol.